The molecule has 3 N–H and O–H groups in total. The van der Waals surface area contributed by atoms with Crippen LogP contribution in [0.15, 0.2) is 60.7 Å². The molecule has 1 aliphatic rings. The summed E-state index contributed by atoms with van der Waals surface area (Å²) >= 11 is 1.12. The molecule has 0 aliphatic carbocycles. The van der Waals surface area contributed by atoms with Gasteiger partial charge in [-0.05, 0) is 29.3 Å². The number of aromatic nitrogens is 1. The Kier molecular flexibility index (Phi) is 6.08. The second-order valence-electron chi connectivity index (χ2n) is 8.24. The number of nitrogens with zero attached hydrogens (tertiary/aromatic N) is 2. The van der Waals surface area contributed by atoms with Crippen molar-refractivity contribution in [3.05, 3.63) is 82.4 Å². The zero-order chi connectivity index (χ0) is 24.6. The summed E-state index contributed by atoms with van der Waals surface area (Å²) in [6.07, 6.45) is -4.10. The van der Waals surface area contributed by atoms with Crippen LogP contribution in [0.25, 0.3) is 10.2 Å². The van der Waals surface area contributed by atoms with Gasteiger partial charge in [-0.1, -0.05) is 42.5 Å². The van der Waals surface area contributed by atoms with E-state index in [0.29, 0.717) is 16.8 Å². The van der Waals surface area contributed by atoms with Gasteiger partial charge in [0.15, 0.2) is 5.75 Å². The van der Waals surface area contributed by atoms with Gasteiger partial charge >= 0.3 is 6.36 Å². The molecule has 0 unspecified atom stereocenters. The summed E-state index contributed by atoms with van der Waals surface area (Å²) in [7, 11) is 0. The van der Waals surface area contributed by atoms with Crippen molar-refractivity contribution < 1.29 is 22.7 Å². The Bertz CT molecular complexity index is 1390. The number of hydrogen-bond donors (Lipinski definition) is 2. The molecule has 4 aromatic rings. The fraction of sp³-hybridized carbons (Fsp3) is 0.200. The van der Waals surface area contributed by atoms with Crippen LogP contribution in [0.4, 0.5) is 24.5 Å². The number of carbonyl (C=O) groups is 1. The monoisotopic (exact) mass is 498 g/mol. The van der Waals surface area contributed by atoms with Gasteiger partial charge in [0, 0.05) is 37.1 Å². The second kappa shape index (κ2) is 9.20. The molecule has 5 rings (SSSR count). The van der Waals surface area contributed by atoms with Crippen LogP contribution in [0.1, 0.15) is 26.5 Å². The fourth-order valence-electron chi connectivity index (χ4n) is 4.16. The highest BCUT2D eigenvalue weighted by Crippen LogP contribution is 2.37. The molecule has 0 saturated carbocycles. The van der Waals surface area contributed by atoms with Crippen molar-refractivity contribution in [2.45, 2.75) is 25.9 Å². The largest absolute Gasteiger partial charge is 0.573 e. The zero-order valence-corrected chi connectivity index (χ0v) is 19.2. The van der Waals surface area contributed by atoms with Crippen molar-refractivity contribution in [3.63, 3.8) is 0 Å². The molecule has 1 amide bonds. The highest BCUT2D eigenvalue weighted by Gasteiger charge is 2.32. The van der Waals surface area contributed by atoms with Crippen LogP contribution in [0.2, 0.25) is 0 Å². The fourth-order valence-corrected chi connectivity index (χ4v) is 5.16. The number of thiophene rings is 1. The van der Waals surface area contributed by atoms with E-state index < -0.39 is 18.0 Å². The van der Waals surface area contributed by atoms with E-state index in [1.165, 1.54) is 23.8 Å². The Labute approximate surface area is 203 Å². The molecule has 6 nitrogen and oxygen atoms in total. The molecule has 0 spiro atoms. The molecule has 0 atom stereocenters. The first-order valence-electron chi connectivity index (χ1n) is 10.9. The van der Waals surface area contributed by atoms with Crippen LogP contribution in [0, 0.1) is 0 Å². The van der Waals surface area contributed by atoms with Gasteiger partial charge in [-0.15, -0.1) is 24.5 Å². The summed E-state index contributed by atoms with van der Waals surface area (Å²) in [6, 6.07) is 17.5. The Hall–Kier alpha value is -3.63. The number of anilines is 2. The number of benzene rings is 2. The van der Waals surface area contributed by atoms with Gasteiger partial charge in [-0.3, -0.25) is 9.69 Å². The minimum absolute atomic E-state index is 0.101. The van der Waals surface area contributed by atoms with Gasteiger partial charge in [-0.2, -0.15) is 0 Å². The van der Waals surface area contributed by atoms with E-state index in [1.54, 1.807) is 0 Å². The molecule has 0 radical (unpaired) electrons. The summed E-state index contributed by atoms with van der Waals surface area (Å²) in [5, 5.41) is 3.15. The molecule has 0 fully saturated rings. The van der Waals surface area contributed by atoms with Gasteiger partial charge in [0.25, 0.3) is 5.91 Å². The number of nitrogens with two attached hydrogens (primary N) is 1. The Morgan fingerprint density at radius 3 is 2.66 bits per heavy atom. The molecule has 2 aromatic carbocycles. The Morgan fingerprint density at radius 2 is 1.89 bits per heavy atom. The van der Waals surface area contributed by atoms with E-state index in [-0.39, 0.29) is 16.3 Å². The molecular weight excluding hydrogens is 477 g/mol. The maximum absolute atomic E-state index is 12.9. The number of ether oxygens (including phenoxy) is 1. The van der Waals surface area contributed by atoms with Crippen LogP contribution in [-0.2, 0) is 19.5 Å². The Morgan fingerprint density at radius 1 is 1.14 bits per heavy atom. The number of rotatable bonds is 5. The second-order valence-corrected chi connectivity index (χ2v) is 9.24. The maximum atomic E-state index is 12.9. The van der Waals surface area contributed by atoms with Gasteiger partial charge in [0.1, 0.15) is 9.71 Å². The van der Waals surface area contributed by atoms with E-state index in [4.69, 9.17) is 10.7 Å². The van der Waals surface area contributed by atoms with Crippen LogP contribution in [0.3, 0.4) is 0 Å². The lowest BCUT2D eigenvalue weighted by Crippen LogP contribution is -2.30. The van der Waals surface area contributed by atoms with E-state index in [1.807, 2.05) is 24.3 Å². The lowest BCUT2D eigenvalue weighted by Gasteiger charge is -2.28. The molecule has 10 heteroatoms. The number of alkyl halides is 3. The summed E-state index contributed by atoms with van der Waals surface area (Å²) < 4.78 is 42.2. The molecule has 1 aliphatic heterocycles. The third-order valence-electron chi connectivity index (χ3n) is 5.76. The Balaban J connectivity index is 1.38. The molecule has 180 valence electrons. The minimum atomic E-state index is -4.88. The smallest absolute Gasteiger partial charge is 0.404 e. The molecule has 2 aromatic heterocycles. The topological polar surface area (TPSA) is 80.5 Å². The van der Waals surface area contributed by atoms with Crippen molar-refractivity contribution in [1.29, 1.82) is 0 Å². The van der Waals surface area contributed by atoms with Crippen molar-refractivity contribution in [2.24, 2.45) is 0 Å². The van der Waals surface area contributed by atoms with E-state index >= 15 is 0 Å². The number of hydrogen-bond acceptors (Lipinski definition) is 6. The predicted molar refractivity (Wildman–Crippen MR) is 129 cm³/mol. The summed E-state index contributed by atoms with van der Waals surface area (Å²) in [5.74, 6) is -1.12. The van der Waals surface area contributed by atoms with Crippen LogP contribution < -0.4 is 15.8 Å². The van der Waals surface area contributed by atoms with Gasteiger partial charge in [0.2, 0.25) is 0 Å². The first kappa shape index (κ1) is 23.1. The number of fused-ring (bicyclic) bond motifs is 2. The summed E-state index contributed by atoms with van der Waals surface area (Å²) in [6.45, 7) is 2.40. The number of nitrogens with one attached hydrogen (secondary N) is 1. The predicted octanol–water partition coefficient (Wildman–Crippen LogP) is 5.59. The number of amides is 1. The molecule has 0 saturated heterocycles. The standard InChI is InChI=1S/C25H21F3N4O2S/c26-25(27,28)34-20-9-5-4-8-19(20)30-23(33)22-21(29)17-12-16-14-32(13-15-6-2-1-3-7-15)11-10-18(16)31-24(17)35-22/h1-9,12H,10-11,13-14,29H2,(H,30,33). The van der Waals surface area contributed by atoms with Gasteiger partial charge in [-0.25, -0.2) is 4.98 Å². The third-order valence-corrected chi connectivity index (χ3v) is 6.88. The van der Waals surface area contributed by atoms with Crippen LogP contribution in [-0.4, -0.2) is 28.7 Å². The number of nitrogen functional groups attached to an aromatic ring is 1. The normalized spacial score (nSPS) is 14.0. The average molecular weight is 499 g/mol. The van der Waals surface area contributed by atoms with Crippen molar-refractivity contribution >= 4 is 38.8 Å². The van der Waals surface area contributed by atoms with Crippen molar-refractivity contribution in [1.82, 2.24) is 9.88 Å². The van der Waals surface area contributed by atoms with Gasteiger partial charge < -0.3 is 15.8 Å². The SMILES string of the molecule is Nc1c(C(=O)Nc2ccccc2OC(F)(F)F)sc2nc3c(cc12)CN(Cc1ccccc1)CC3. The number of pyridine rings is 1. The number of para-hydroxylation sites is 2. The van der Waals surface area contributed by atoms with Gasteiger partial charge in [0.05, 0.1) is 11.4 Å². The van der Waals surface area contributed by atoms with Crippen molar-refractivity contribution in [3.8, 4) is 5.75 Å². The first-order chi connectivity index (χ1) is 16.8. The average Bonchev–Trinajstić information content (AvgIpc) is 3.14. The first-order valence-corrected chi connectivity index (χ1v) is 11.7. The maximum Gasteiger partial charge on any atom is 0.573 e. The molecular formula is C25H21F3N4O2S. The minimum Gasteiger partial charge on any atom is -0.404 e. The lowest BCUT2D eigenvalue weighted by atomic mass is 10.0. The van der Waals surface area contributed by atoms with Crippen LogP contribution in [0.5, 0.6) is 5.75 Å². The number of carbonyl (C=O) groups excluding carboxylic acids is 1. The highest BCUT2D eigenvalue weighted by atomic mass is 32.1. The highest BCUT2D eigenvalue weighted by molar-refractivity contribution is 7.21. The summed E-state index contributed by atoms with van der Waals surface area (Å²) in [5.41, 5.74) is 9.72. The summed E-state index contributed by atoms with van der Waals surface area (Å²) in [4.78, 5) is 20.9. The lowest BCUT2D eigenvalue weighted by molar-refractivity contribution is -0.274. The van der Waals surface area contributed by atoms with Crippen molar-refractivity contribution in [2.75, 3.05) is 17.6 Å². The van der Waals surface area contributed by atoms with Crippen LogP contribution >= 0.6 is 11.3 Å². The van der Waals surface area contributed by atoms with E-state index in [2.05, 4.69) is 27.1 Å². The molecule has 3 heterocycles. The zero-order valence-electron chi connectivity index (χ0n) is 18.4. The third kappa shape index (κ3) is 5.08. The molecule has 35 heavy (non-hydrogen) atoms. The number of halogens is 3. The molecule has 0 bridgehead atoms. The van der Waals surface area contributed by atoms with E-state index in [0.717, 1.165) is 48.2 Å². The van der Waals surface area contributed by atoms with E-state index in [9.17, 15) is 18.0 Å². The quantitative estimate of drug-likeness (QED) is 0.375.